The number of halogens is 1. The van der Waals surface area contributed by atoms with Crippen molar-refractivity contribution >= 4 is 27.1 Å². The van der Waals surface area contributed by atoms with Gasteiger partial charge in [0.05, 0.1) is 12.3 Å². The topological polar surface area (TPSA) is 70.6 Å². The highest BCUT2D eigenvalue weighted by Gasteiger charge is 2.11. The molecule has 1 aromatic heterocycles. The zero-order valence-corrected chi connectivity index (χ0v) is 17.5. The molecule has 27 heavy (non-hydrogen) atoms. The van der Waals surface area contributed by atoms with Gasteiger partial charge in [-0.05, 0) is 41.6 Å². The van der Waals surface area contributed by atoms with Crippen LogP contribution in [-0.4, -0.2) is 33.7 Å². The minimum atomic E-state index is -3.21. The zero-order chi connectivity index (χ0) is 19.9. The molecule has 8 heteroatoms. The smallest absolute Gasteiger partial charge is 0.191 e. The average molecular weight is 412 g/mol. The first-order valence-electron chi connectivity index (χ1n) is 8.79. The van der Waals surface area contributed by atoms with Gasteiger partial charge in [-0.25, -0.2) is 17.8 Å². The standard InChI is InChI=1S/C19H26FN3O2S2/c1-4-21-19(22-11-14(2)18-6-5-9-26-18)23-12-16-10-17(20)8-7-15(16)13-27(3,24)25/h5-10,14H,4,11-13H2,1-3H3,(H2,21,22,23). The molecule has 0 fully saturated rings. The summed E-state index contributed by atoms with van der Waals surface area (Å²) in [5, 5.41) is 8.51. The molecule has 1 heterocycles. The van der Waals surface area contributed by atoms with Crippen LogP contribution in [0.15, 0.2) is 40.7 Å². The minimum Gasteiger partial charge on any atom is -0.357 e. The molecule has 0 amide bonds. The summed E-state index contributed by atoms with van der Waals surface area (Å²) in [4.78, 5) is 5.80. The first kappa shape index (κ1) is 21.4. The second-order valence-electron chi connectivity index (χ2n) is 6.48. The molecule has 0 radical (unpaired) electrons. The highest BCUT2D eigenvalue weighted by Crippen LogP contribution is 2.19. The molecule has 0 aliphatic carbocycles. The largest absolute Gasteiger partial charge is 0.357 e. The molecule has 1 aromatic carbocycles. The normalized spacial score (nSPS) is 13.4. The van der Waals surface area contributed by atoms with Crippen molar-refractivity contribution in [2.75, 3.05) is 19.3 Å². The van der Waals surface area contributed by atoms with Crippen LogP contribution in [0.1, 0.15) is 35.8 Å². The summed E-state index contributed by atoms with van der Waals surface area (Å²) in [5.41, 5.74) is 1.15. The van der Waals surface area contributed by atoms with Gasteiger partial charge < -0.3 is 10.6 Å². The summed E-state index contributed by atoms with van der Waals surface area (Å²) in [6.07, 6.45) is 1.17. The third-order valence-corrected chi connectivity index (χ3v) is 5.88. The molecule has 0 saturated heterocycles. The molecule has 0 bridgehead atoms. The fourth-order valence-corrected chi connectivity index (χ4v) is 4.23. The van der Waals surface area contributed by atoms with E-state index in [-0.39, 0.29) is 12.3 Å². The Kier molecular flexibility index (Phi) is 7.79. The third kappa shape index (κ3) is 7.30. The van der Waals surface area contributed by atoms with E-state index in [2.05, 4.69) is 34.0 Å². The van der Waals surface area contributed by atoms with Crippen molar-refractivity contribution in [3.05, 3.63) is 57.5 Å². The summed E-state index contributed by atoms with van der Waals surface area (Å²) in [6, 6.07) is 8.27. The van der Waals surface area contributed by atoms with Gasteiger partial charge >= 0.3 is 0 Å². The van der Waals surface area contributed by atoms with E-state index in [9.17, 15) is 12.8 Å². The van der Waals surface area contributed by atoms with Crippen LogP contribution in [0.3, 0.4) is 0 Å². The molecule has 0 saturated carbocycles. The van der Waals surface area contributed by atoms with Gasteiger partial charge in [-0.3, -0.25) is 0 Å². The Morgan fingerprint density at radius 3 is 2.67 bits per heavy atom. The van der Waals surface area contributed by atoms with Crippen molar-refractivity contribution < 1.29 is 12.8 Å². The summed E-state index contributed by atoms with van der Waals surface area (Å²) in [7, 11) is -3.21. The van der Waals surface area contributed by atoms with Crippen LogP contribution in [0.25, 0.3) is 0 Å². The first-order valence-corrected chi connectivity index (χ1v) is 11.7. The lowest BCUT2D eigenvalue weighted by Crippen LogP contribution is -2.39. The molecular formula is C19H26FN3O2S2. The maximum atomic E-state index is 13.6. The van der Waals surface area contributed by atoms with Crippen molar-refractivity contribution in [2.24, 2.45) is 4.99 Å². The molecular weight excluding hydrogens is 385 g/mol. The number of nitrogens with one attached hydrogen (secondary N) is 2. The van der Waals surface area contributed by atoms with Crippen molar-refractivity contribution in [1.29, 1.82) is 0 Å². The lowest BCUT2D eigenvalue weighted by atomic mass is 10.1. The number of nitrogens with zero attached hydrogens (tertiary/aromatic N) is 1. The number of hydrogen-bond acceptors (Lipinski definition) is 4. The van der Waals surface area contributed by atoms with Gasteiger partial charge in [0.25, 0.3) is 0 Å². The van der Waals surface area contributed by atoms with Gasteiger partial charge in [-0.1, -0.05) is 19.1 Å². The quantitative estimate of drug-likeness (QED) is 0.517. The highest BCUT2D eigenvalue weighted by molar-refractivity contribution is 7.89. The number of benzene rings is 1. The van der Waals surface area contributed by atoms with Crippen molar-refractivity contribution in [2.45, 2.75) is 32.1 Å². The number of sulfone groups is 1. The fraction of sp³-hybridized carbons (Fsp3) is 0.421. The Balaban J connectivity index is 2.10. The Hall–Kier alpha value is -1.93. The van der Waals surface area contributed by atoms with Gasteiger partial charge in [0, 0.05) is 30.1 Å². The average Bonchev–Trinajstić information content (AvgIpc) is 3.12. The van der Waals surface area contributed by atoms with E-state index in [1.807, 2.05) is 13.0 Å². The first-order chi connectivity index (χ1) is 12.8. The van der Waals surface area contributed by atoms with Crippen LogP contribution in [-0.2, 0) is 22.1 Å². The Morgan fingerprint density at radius 2 is 2.04 bits per heavy atom. The Bertz CT molecular complexity index is 865. The molecule has 0 aliphatic heterocycles. The van der Waals surface area contributed by atoms with E-state index in [1.54, 1.807) is 11.3 Å². The van der Waals surface area contributed by atoms with Crippen molar-refractivity contribution in [3.8, 4) is 0 Å². The van der Waals surface area contributed by atoms with E-state index >= 15 is 0 Å². The second-order valence-corrected chi connectivity index (χ2v) is 9.60. The van der Waals surface area contributed by atoms with Crippen LogP contribution in [0, 0.1) is 5.82 Å². The lowest BCUT2D eigenvalue weighted by Gasteiger charge is -2.15. The van der Waals surface area contributed by atoms with Gasteiger partial charge in [0.2, 0.25) is 0 Å². The summed E-state index contributed by atoms with van der Waals surface area (Å²) in [5.74, 6) is 0.429. The van der Waals surface area contributed by atoms with Gasteiger partial charge in [0.1, 0.15) is 5.82 Å². The molecule has 2 aromatic rings. The SMILES string of the molecule is CCNC(=NCc1cc(F)ccc1CS(C)(=O)=O)NCC(C)c1cccs1. The number of rotatable bonds is 8. The fourth-order valence-electron chi connectivity index (χ4n) is 2.59. The van der Waals surface area contributed by atoms with Crippen LogP contribution in [0.5, 0.6) is 0 Å². The number of aliphatic imine (C=N–C) groups is 1. The Morgan fingerprint density at radius 1 is 1.26 bits per heavy atom. The maximum absolute atomic E-state index is 13.6. The van der Waals surface area contributed by atoms with Crippen LogP contribution >= 0.6 is 11.3 Å². The van der Waals surface area contributed by atoms with Gasteiger partial charge in [0.15, 0.2) is 15.8 Å². The molecule has 1 atom stereocenters. The van der Waals surface area contributed by atoms with Gasteiger partial charge in [-0.2, -0.15) is 0 Å². The van der Waals surface area contributed by atoms with Crippen molar-refractivity contribution in [3.63, 3.8) is 0 Å². The zero-order valence-electron chi connectivity index (χ0n) is 15.8. The Labute approximate surface area is 164 Å². The molecule has 2 N–H and O–H groups in total. The minimum absolute atomic E-state index is 0.127. The van der Waals surface area contributed by atoms with Crippen LogP contribution in [0.4, 0.5) is 4.39 Å². The number of thiophene rings is 1. The summed E-state index contributed by atoms with van der Waals surface area (Å²) >= 11 is 1.72. The van der Waals surface area contributed by atoms with Crippen LogP contribution < -0.4 is 10.6 Å². The lowest BCUT2D eigenvalue weighted by molar-refractivity contribution is 0.600. The molecule has 148 valence electrons. The molecule has 5 nitrogen and oxygen atoms in total. The predicted octanol–water partition coefficient (Wildman–Crippen LogP) is 3.29. The van der Waals surface area contributed by atoms with Gasteiger partial charge in [-0.15, -0.1) is 11.3 Å². The highest BCUT2D eigenvalue weighted by atomic mass is 32.2. The van der Waals surface area contributed by atoms with E-state index in [1.165, 1.54) is 29.3 Å². The molecule has 2 rings (SSSR count). The molecule has 0 aliphatic rings. The monoisotopic (exact) mass is 411 g/mol. The summed E-state index contributed by atoms with van der Waals surface area (Å²) < 4.78 is 36.9. The molecule has 0 spiro atoms. The maximum Gasteiger partial charge on any atom is 0.191 e. The van der Waals surface area contributed by atoms with E-state index in [0.29, 0.717) is 36.1 Å². The van der Waals surface area contributed by atoms with E-state index < -0.39 is 15.7 Å². The number of guanidine groups is 1. The predicted molar refractivity (Wildman–Crippen MR) is 111 cm³/mol. The van der Waals surface area contributed by atoms with Crippen molar-refractivity contribution in [1.82, 2.24) is 10.6 Å². The third-order valence-electron chi connectivity index (χ3n) is 3.94. The molecule has 1 unspecified atom stereocenters. The summed E-state index contributed by atoms with van der Waals surface area (Å²) in [6.45, 7) is 5.71. The number of hydrogen-bond donors (Lipinski definition) is 2. The second kappa shape index (κ2) is 9.85. The van der Waals surface area contributed by atoms with Crippen LogP contribution in [0.2, 0.25) is 0 Å². The van der Waals surface area contributed by atoms with E-state index in [0.717, 1.165) is 0 Å². The van der Waals surface area contributed by atoms with E-state index in [4.69, 9.17) is 0 Å².